The third-order valence-corrected chi connectivity index (χ3v) is 3.07. The summed E-state index contributed by atoms with van der Waals surface area (Å²) in [6.45, 7) is 7.51. The molecule has 0 amide bonds. The van der Waals surface area contributed by atoms with Gasteiger partial charge in [-0.3, -0.25) is 0 Å². The molecule has 1 aliphatic rings. The molecule has 0 spiro atoms. The van der Waals surface area contributed by atoms with Crippen LogP contribution in [-0.2, 0) is 0 Å². The Morgan fingerprint density at radius 3 is 2.88 bits per heavy atom. The van der Waals surface area contributed by atoms with Crippen LogP contribution in [0.5, 0.6) is 5.75 Å². The quantitative estimate of drug-likeness (QED) is 0.779. The molecular weight excluding hydrogens is 200 g/mol. The minimum absolute atomic E-state index is 0.290. The van der Waals surface area contributed by atoms with Gasteiger partial charge in [0.25, 0.3) is 0 Å². The molecule has 88 valence electrons. The van der Waals surface area contributed by atoms with Crippen molar-refractivity contribution >= 4 is 11.4 Å². The van der Waals surface area contributed by atoms with Gasteiger partial charge in [0.1, 0.15) is 11.9 Å². The summed E-state index contributed by atoms with van der Waals surface area (Å²) in [6, 6.07) is 6.34. The fourth-order valence-electron chi connectivity index (χ4n) is 2.09. The van der Waals surface area contributed by atoms with Crippen LogP contribution in [0.15, 0.2) is 18.2 Å². The summed E-state index contributed by atoms with van der Waals surface area (Å²) in [5.74, 6) is 0.959. The van der Waals surface area contributed by atoms with Gasteiger partial charge < -0.3 is 15.4 Å². The molecule has 16 heavy (non-hydrogen) atoms. The summed E-state index contributed by atoms with van der Waals surface area (Å²) < 4.78 is 5.92. The Labute approximate surface area is 97.2 Å². The van der Waals surface area contributed by atoms with Gasteiger partial charge >= 0.3 is 0 Å². The normalized spacial score (nSPS) is 19.5. The highest BCUT2D eigenvalue weighted by Gasteiger charge is 2.26. The van der Waals surface area contributed by atoms with Crippen LogP contribution in [0.2, 0.25) is 0 Å². The fourth-order valence-corrected chi connectivity index (χ4v) is 2.09. The van der Waals surface area contributed by atoms with Crippen LogP contribution in [0, 0.1) is 0 Å². The molecule has 0 bridgehead atoms. The van der Waals surface area contributed by atoms with Crippen molar-refractivity contribution in [1.82, 2.24) is 0 Å². The van der Waals surface area contributed by atoms with Crippen molar-refractivity contribution in [1.29, 1.82) is 0 Å². The van der Waals surface area contributed by atoms with Crippen LogP contribution in [0.25, 0.3) is 0 Å². The molecule has 1 unspecified atom stereocenters. The molecule has 1 aromatic rings. The van der Waals surface area contributed by atoms with E-state index in [1.807, 2.05) is 18.2 Å². The Bertz CT molecular complexity index is 376. The van der Waals surface area contributed by atoms with Crippen molar-refractivity contribution in [3.63, 3.8) is 0 Å². The lowest BCUT2D eigenvalue weighted by Gasteiger charge is -2.38. The van der Waals surface area contributed by atoms with Crippen molar-refractivity contribution in [3.8, 4) is 5.75 Å². The van der Waals surface area contributed by atoms with Crippen molar-refractivity contribution in [2.24, 2.45) is 0 Å². The van der Waals surface area contributed by atoms with E-state index in [4.69, 9.17) is 10.5 Å². The number of benzene rings is 1. The van der Waals surface area contributed by atoms with E-state index in [0.717, 1.165) is 30.1 Å². The third kappa shape index (κ3) is 1.94. The first-order chi connectivity index (χ1) is 7.61. The maximum atomic E-state index is 5.92. The van der Waals surface area contributed by atoms with Crippen molar-refractivity contribution < 1.29 is 4.74 Å². The highest BCUT2D eigenvalue weighted by molar-refractivity contribution is 5.66. The lowest BCUT2D eigenvalue weighted by molar-refractivity contribution is 0.186. The van der Waals surface area contributed by atoms with Crippen LogP contribution in [0.3, 0.4) is 0 Å². The standard InChI is InChI=1S/C13H20N2O/c1-4-11-8-15(9(2)3)12-7-10(14)5-6-13(12)16-11/h5-7,9,11H,4,8,14H2,1-3H3. The summed E-state index contributed by atoms with van der Waals surface area (Å²) in [5.41, 5.74) is 7.75. The average molecular weight is 220 g/mol. The zero-order chi connectivity index (χ0) is 11.7. The van der Waals surface area contributed by atoms with E-state index in [0.29, 0.717) is 12.1 Å². The van der Waals surface area contributed by atoms with E-state index in [9.17, 15) is 0 Å². The number of nitrogen functional groups attached to an aromatic ring is 1. The molecule has 3 heteroatoms. The molecule has 0 fully saturated rings. The molecule has 0 radical (unpaired) electrons. The zero-order valence-electron chi connectivity index (χ0n) is 10.2. The number of nitrogens with two attached hydrogens (primary N) is 1. The minimum Gasteiger partial charge on any atom is -0.486 e. The number of hydrogen-bond donors (Lipinski definition) is 1. The van der Waals surface area contributed by atoms with Crippen molar-refractivity contribution in [2.75, 3.05) is 17.2 Å². The van der Waals surface area contributed by atoms with E-state index in [2.05, 4.69) is 25.7 Å². The molecule has 1 heterocycles. The number of fused-ring (bicyclic) bond motifs is 1. The molecule has 2 rings (SSSR count). The molecule has 0 aliphatic carbocycles. The van der Waals surface area contributed by atoms with Gasteiger partial charge in [-0.25, -0.2) is 0 Å². The first kappa shape index (κ1) is 11.1. The summed E-state index contributed by atoms with van der Waals surface area (Å²) >= 11 is 0. The zero-order valence-corrected chi connectivity index (χ0v) is 10.2. The molecule has 1 aromatic carbocycles. The van der Waals surface area contributed by atoms with E-state index in [-0.39, 0.29) is 0 Å². The predicted octanol–water partition coefficient (Wildman–Crippen LogP) is 2.65. The van der Waals surface area contributed by atoms with Crippen molar-refractivity contribution in [2.45, 2.75) is 39.3 Å². The van der Waals surface area contributed by atoms with Crippen molar-refractivity contribution in [3.05, 3.63) is 18.2 Å². The number of anilines is 2. The molecule has 1 aliphatic heterocycles. The second-order valence-electron chi connectivity index (χ2n) is 4.62. The second kappa shape index (κ2) is 4.24. The van der Waals surface area contributed by atoms with E-state index < -0.39 is 0 Å². The first-order valence-corrected chi connectivity index (χ1v) is 5.94. The van der Waals surface area contributed by atoms with Crippen LogP contribution < -0.4 is 15.4 Å². The number of rotatable bonds is 2. The molecule has 0 saturated heterocycles. The number of ether oxygens (including phenoxy) is 1. The lowest BCUT2D eigenvalue weighted by Crippen LogP contribution is -2.43. The summed E-state index contributed by atoms with van der Waals surface area (Å²) in [4.78, 5) is 2.36. The van der Waals surface area contributed by atoms with Gasteiger partial charge in [-0.1, -0.05) is 6.92 Å². The summed E-state index contributed by atoms with van der Waals surface area (Å²) in [6.07, 6.45) is 1.33. The Balaban J connectivity index is 2.39. The molecule has 1 atom stereocenters. The predicted molar refractivity (Wildman–Crippen MR) is 68.0 cm³/mol. The molecule has 0 aromatic heterocycles. The fraction of sp³-hybridized carbons (Fsp3) is 0.538. The van der Waals surface area contributed by atoms with Gasteiger partial charge in [0, 0.05) is 11.7 Å². The van der Waals surface area contributed by atoms with E-state index >= 15 is 0 Å². The Morgan fingerprint density at radius 1 is 1.50 bits per heavy atom. The Morgan fingerprint density at radius 2 is 2.25 bits per heavy atom. The summed E-state index contributed by atoms with van der Waals surface area (Å²) in [5, 5.41) is 0. The van der Waals surface area contributed by atoms with Gasteiger partial charge in [-0.05, 0) is 38.5 Å². The molecular formula is C13H20N2O. The Hall–Kier alpha value is -1.38. The van der Waals surface area contributed by atoms with Crippen LogP contribution >= 0.6 is 0 Å². The minimum atomic E-state index is 0.290. The van der Waals surface area contributed by atoms with E-state index in [1.54, 1.807) is 0 Å². The maximum absolute atomic E-state index is 5.92. The van der Waals surface area contributed by atoms with Gasteiger partial charge in [0.05, 0.1) is 12.2 Å². The number of hydrogen-bond acceptors (Lipinski definition) is 3. The lowest BCUT2D eigenvalue weighted by atomic mass is 10.1. The van der Waals surface area contributed by atoms with Crippen LogP contribution in [-0.4, -0.2) is 18.7 Å². The van der Waals surface area contributed by atoms with Crippen LogP contribution in [0.4, 0.5) is 11.4 Å². The average Bonchev–Trinajstić information content (AvgIpc) is 2.27. The molecule has 0 saturated carbocycles. The highest BCUT2D eigenvalue weighted by atomic mass is 16.5. The van der Waals surface area contributed by atoms with E-state index in [1.165, 1.54) is 0 Å². The monoisotopic (exact) mass is 220 g/mol. The van der Waals surface area contributed by atoms with Gasteiger partial charge in [-0.15, -0.1) is 0 Å². The smallest absolute Gasteiger partial charge is 0.143 e. The first-order valence-electron chi connectivity index (χ1n) is 5.94. The molecule has 2 N–H and O–H groups in total. The van der Waals surface area contributed by atoms with Gasteiger partial charge in [0.2, 0.25) is 0 Å². The largest absolute Gasteiger partial charge is 0.486 e. The van der Waals surface area contributed by atoms with Gasteiger partial charge in [0.15, 0.2) is 0 Å². The maximum Gasteiger partial charge on any atom is 0.143 e. The SMILES string of the molecule is CCC1CN(C(C)C)c2cc(N)ccc2O1. The van der Waals surface area contributed by atoms with Gasteiger partial charge in [-0.2, -0.15) is 0 Å². The highest BCUT2D eigenvalue weighted by Crippen LogP contribution is 2.36. The Kier molecular flexibility index (Phi) is 2.95. The molecule has 3 nitrogen and oxygen atoms in total. The number of nitrogens with zero attached hydrogens (tertiary/aromatic N) is 1. The van der Waals surface area contributed by atoms with Crippen LogP contribution in [0.1, 0.15) is 27.2 Å². The second-order valence-corrected chi connectivity index (χ2v) is 4.62. The topological polar surface area (TPSA) is 38.5 Å². The summed E-state index contributed by atoms with van der Waals surface area (Å²) in [7, 11) is 0. The third-order valence-electron chi connectivity index (χ3n) is 3.07.